The zero-order valence-electron chi connectivity index (χ0n) is 11.9. The smallest absolute Gasteiger partial charge is 0.144 e. The molecule has 2 aromatic rings. The van der Waals surface area contributed by atoms with Crippen molar-refractivity contribution >= 4 is 21.7 Å². The topological polar surface area (TPSA) is 37.8 Å². The maximum atomic E-state index is 13.3. The summed E-state index contributed by atoms with van der Waals surface area (Å²) in [5.41, 5.74) is 1.97. The lowest BCUT2D eigenvalue weighted by atomic mass is 10.1. The van der Waals surface area contributed by atoms with Crippen LogP contribution in [-0.4, -0.2) is 16.5 Å². The van der Waals surface area contributed by atoms with Crippen molar-refractivity contribution in [3.63, 3.8) is 0 Å². The second-order valence-electron chi connectivity index (χ2n) is 5.30. The first-order valence-corrected chi connectivity index (χ1v) is 8.01. The van der Waals surface area contributed by atoms with Gasteiger partial charge < -0.3 is 5.32 Å². The molecule has 1 aliphatic rings. The lowest BCUT2D eigenvalue weighted by molar-refractivity contribution is 0.625. The van der Waals surface area contributed by atoms with Gasteiger partial charge in [0.1, 0.15) is 17.5 Å². The largest absolute Gasteiger partial charge is 0.369 e. The Bertz CT molecular complexity index is 656. The zero-order valence-corrected chi connectivity index (χ0v) is 13.5. The molecule has 1 fully saturated rings. The maximum Gasteiger partial charge on any atom is 0.144 e. The van der Waals surface area contributed by atoms with Crippen LogP contribution in [0.2, 0.25) is 0 Å². The van der Waals surface area contributed by atoms with Crippen LogP contribution in [0.25, 0.3) is 0 Å². The molecule has 0 spiro atoms. The number of benzene rings is 1. The van der Waals surface area contributed by atoms with Crippen molar-refractivity contribution in [1.82, 2.24) is 9.97 Å². The lowest BCUT2D eigenvalue weighted by Gasteiger charge is -2.12. The molecule has 1 heterocycles. The van der Waals surface area contributed by atoms with Gasteiger partial charge in [-0.1, -0.05) is 12.1 Å². The van der Waals surface area contributed by atoms with Crippen LogP contribution < -0.4 is 5.32 Å². The molecule has 0 radical (unpaired) electrons. The summed E-state index contributed by atoms with van der Waals surface area (Å²) in [6.45, 7) is 2.84. The van der Waals surface area contributed by atoms with Crippen LogP contribution in [0.5, 0.6) is 0 Å². The van der Waals surface area contributed by atoms with Crippen molar-refractivity contribution in [3.8, 4) is 0 Å². The fourth-order valence-electron chi connectivity index (χ4n) is 2.33. The molecule has 0 atom stereocenters. The summed E-state index contributed by atoms with van der Waals surface area (Å²) in [7, 11) is 0. The molecule has 0 aliphatic heterocycles. The minimum absolute atomic E-state index is 0.223. The van der Waals surface area contributed by atoms with Gasteiger partial charge in [-0.25, -0.2) is 14.4 Å². The highest BCUT2D eigenvalue weighted by Crippen LogP contribution is 2.43. The number of anilines is 1. The van der Waals surface area contributed by atoms with Crippen LogP contribution in [0.15, 0.2) is 28.7 Å². The second kappa shape index (κ2) is 6.10. The van der Waals surface area contributed by atoms with Gasteiger partial charge in [0.05, 0.1) is 10.2 Å². The lowest BCUT2D eigenvalue weighted by Crippen LogP contribution is -2.08. The Balaban J connectivity index is 1.94. The van der Waals surface area contributed by atoms with E-state index in [0.717, 1.165) is 33.9 Å². The average molecular weight is 350 g/mol. The number of hydrogen-bond donors (Lipinski definition) is 1. The van der Waals surface area contributed by atoms with Crippen LogP contribution in [0, 0.1) is 5.82 Å². The van der Waals surface area contributed by atoms with Crippen molar-refractivity contribution in [2.24, 2.45) is 0 Å². The molecule has 3 rings (SSSR count). The standard InChI is InChI=1S/C16H17BrFN3/c1-2-19-16-14(17)15(11-6-7-11)20-13(21-16)9-10-4-3-5-12(18)8-10/h3-5,8,11H,2,6-7,9H2,1H3,(H,19,20,21). The van der Waals surface area contributed by atoms with Gasteiger partial charge >= 0.3 is 0 Å². The summed E-state index contributed by atoms with van der Waals surface area (Å²) < 4.78 is 14.3. The summed E-state index contributed by atoms with van der Waals surface area (Å²) in [5, 5.41) is 3.26. The van der Waals surface area contributed by atoms with Crippen LogP contribution in [0.4, 0.5) is 10.2 Å². The molecule has 0 amide bonds. The average Bonchev–Trinajstić information content (AvgIpc) is 3.27. The highest BCUT2D eigenvalue weighted by Gasteiger charge is 2.29. The molecule has 1 aromatic heterocycles. The van der Waals surface area contributed by atoms with E-state index in [4.69, 9.17) is 0 Å². The Morgan fingerprint density at radius 3 is 2.81 bits per heavy atom. The fourth-order valence-corrected chi connectivity index (χ4v) is 2.97. The molecule has 0 bridgehead atoms. The van der Waals surface area contributed by atoms with Gasteiger partial charge in [0.2, 0.25) is 0 Å². The van der Waals surface area contributed by atoms with Gasteiger partial charge in [-0.15, -0.1) is 0 Å². The number of nitrogens with one attached hydrogen (secondary N) is 1. The summed E-state index contributed by atoms with van der Waals surface area (Å²) in [5.74, 6) is 1.88. The van der Waals surface area contributed by atoms with E-state index in [2.05, 4.69) is 31.2 Å². The van der Waals surface area contributed by atoms with Gasteiger partial charge in [0, 0.05) is 18.9 Å². The summed E-state index contributed by atoms with van der Waals surface area (Å²) in [6, 6.07) is 6.61. The monoisotopic (exact) mass is 349 g/mol. The number of nitrogens with zero attached hydrogens (tertiary/aromatic N) is 2. The van der Waals surface area contributed by atoms with E-state index in [-0.39, 0.29) is 5.82 Å². The Morgan fingerprint density at radius 1 is 1.33 bits per heavy atom. The van der Waals surface area contributed by atoms with Crippen molar-refractivity contribution in [1.29, 1.82) is 0 Å². The molecule has 1 saturated carbocycles. The fraction of sp³-hybridized carbons (Fsp3) is 0.375. The minimum Gasteiger partial charge on any atom is -0.369 e. The quantitative estimate of drug-likeness (QED) is 0.875. The molecule has 21 heavy (non-hydrogen) atoms. The van der Waals surface area contributed by atoms with Crippen LogP contribution in [-0.2, 0) is 6.42 Å². The third-order valence-corrected chi connectivity index (χ3v) is 4.26. The Kier molecular flexibility index (Phi) is 4.19. The predicted molar refractivity (Wildman–Crippen MR) is 85.1 cm³/mol. The molecule has 5 heteroatoms. The zero-order chi connectivity index (χ0) is 14.8. The van der Waals surface area contributed by atoms with E-state index >= 15 is 0 Å². The van der Waals surface area contributed by atoms with Crippen molar-refractivity contribution in [2.75, 3.05) is 11.9 Å². The van der Waals surface area contributed by atoms with Crippen molar-refractivity contribution in [2.45, 2.75) is 32.1 Å². The highest BCUT2D eigenvalue weighted by atomic mass is 79.9. The molecule has 0 unspecified atom stereocenters. The molecule has 1 N–H and O–H groups in total. The Morgan fingerprint density at radius 2 is 2.14 bits per heavy atom. The third kappa shape index (κ3) is 3.40. The Labute approximate surface area is 132 Å². The molecule has 1 aliphatic carbocycles. The van der Waals surface area contributed by atoms with Gasteiger partial charge in [-0.3, -0.25) is 0 Å². The van der Waals surface area contributed by atoms with Crippen LogP contribution >= 0.6 is 15.9 Å². The summed E-state index contributed by atoms with van der Waals surface area (Å²) in [6.07, 6.45) is 2.91. The van der Waals surface area contributed by atoms with Crippen molar-refractivity contribution < 1.29 is 4.39 Å². The normalized spacial score (nSPS) is 14.2. The van der Waals surface area contributed by atoms with Crippen LogP contribution in [0.3, 0.4) is 0 Å². The first-order valence-electron chi connectivity index (χ1n) is 7.22. The van der Waals surface area contributed by atoms with Crippen molar-refractivity contribution in [3.05, 3.63) is 51.6 Å². The maximum absolute atomic E-state index is 13.3. The van der Waals surface area contributed by atoms with E-state index in [9.17, 15) is 4.39 Å². The SMILES string of the molecule is CCNc1nc(Cc2cccc(F)c2)nc(C2CC2)c1Br. The predicted octanol–water partition coefficient (Wildman–Crippen LogP) is 4.28. The van der Waals surface area contributed by atoms with E-state index < -0.39 is 0 Å². The highest BCUT2D eigenvalue weighted by molar-refractivity contribution is 9.10. The third-order valence-electron chi connectivity index (χ3n) is 3.48. The molecular formula is C16H17BrFN3. The van der Waals surface area contributed by atoms with Gasteiger partial charge in [0.15, 0.2) is 0 Å². The van der Waals surface area contributed by atoms with Gasteiger partial charge in [-0.05, 0) is 53.4 Å². The molecule has 110 valence electrons. The van der Waals surface area contributed by atoms with Crippen LogP contribution in [0.1, 0.15) is 42.8 Å². The van der Waals surface area contributed by atoms with E-state index in [1.807, 2.05) is 13.0 Å². The first kappa shape index (κ1) is 14.4. The minimum atomic E-state index is -0.223. The first-order chi connectivity index (χ1) is 10.2. The number of rotatable bonds is 5. The van der Waals surface area contributed by atoms with E-state index in [0.29, 0.717) is 12.3 Å². The molecular weight excluding hydrogens is 333 g/mol. The number of hydrogen-bond acceptors (Lipinski definition) is 3. The number of aromatic nitrogens is 2. The molecule has 1 aromatic carbocycles. The van der Waals surface area contributed by atoms with E-state index in [1.165, 1.54) is 25.0 Å². The molecule has 3 nitrogen and oxygen atoms in total. The summed E-state index contributed by atoms with van der Waals surface area (Å²) >= 11 is 3.61. The molecule has 0 saturated heterocycles. The van der Waals surface area contributed by atoms with Gasteiger partial charge in [-0.2, -0.15) is 0 Å². The number of halogens is 2. The second-order valence-corrected chi connectivity index (χ2v) is 6.09. The Hall–Kier alpha value is -1.49. The van der Waals surface area contributed by atoms with E-state index in [1.54, 1.807) is 6.07 Å². The summed E-state index contributed by atoms with van der Waals surface area (Å²) in [4.78, 5) is 9.25. The van der Waals surface area contributed by atoms with Gasteiger partial charge in [0.25, 0.3) is 0 Å².